The van der Waals surface area contributed by atoms with Crippen molar-refractivity contribution in [1.82, 2.24) is 0 Å². The Hall–Kier alpha value is -1.86. The molecule has 0 saturated carbocycles. The first-order valence-electron chi connectivity index (χ1n) is 5.54. The predicted octanol–water partition coefficient (Wildman–Crippen LogP) is 3.33. The summed E-state index contributed by atoms with van der Waals surface area (Å²) in [7, 11) is 0. The minimum absolute atomic E-state index is 0.132. The van der Waals surface area contributed by atoms with Crippen LogP contribution in [0.25, 0.3) is 0 Å². The van der Waals surface area contributed by atoms with Gasteiger partial charge in [-0.25, -0.2) is 0 Å². The molecule has 0 amide bonds. The van der Waals surface area contributed by atoms with Crippen molar-refractivity contribution in [2.75, 3.05) is 6.61 Å². The normalized spacial score (nSPS) is 12.1. The van der Waals surface area contributed by atoms with Crippen LogP contribution >= 0.6 is 0 Å². The lowest BCUT2D eigenvalue weighted by Gasteiger charge is -2.20. The van der Waals surface area contributed by atoms with Crippen LogP contribution in [0.5, 0.6) is 5.75 Å². The zero-order valence-corrected chi connectivity index (χ0v) is 10.1. The molecule has 1 aromatic rings. The van der Waals surface area contributed by atoms with E-state index in [1.807, 2.05) is 0 Å². The molecule has 0 aromatic heterocycles. The first kappa shape index (κ1) is 16.2. The maximum Gasteiger partial charge on any atom is 0.499 e. The van der Waals surface area contributed by atoms with Crippen molar-refractivity contribution in [3.05, 3.63) is 29.8 Å². The van der Waals surface area contributed by atoms with Gasteiger partial charge >= 0.3 is 12.3 Å². The van der Waals surface area contributed by atoms with Crippen LogP contribution in [0.15, 0.2) is 24.3 Å². The molecule has 0 fully saturated rings. The molecule has 20 heavy (non-hydrogen) atoms. The van der Waals surface area contributed by atoms with E-state index >= 15 is 0 Å². The van der Waals surface area contributed by atoms with E-state index in [4.69, 9.17) is 0 Å². The zero-order chi connectivity index (χ0) is 15.2. The lowest BCUT2D eigenvalue weighted by Crippen LogP contribution is -2.41. The number of hydrogen-bond donors (Lipinski definition) is 0. The molecule has 0 spiro atoms. The standard InChI is InChI=1S/C12H11F5O3/c13-11(14,15)12(16,17)20-10-5-1-3-9(7-10)4-2-6-19-8-18/h1,3,5,7-8H,2,4,6H2. The van der Waals surface area contributed by atoms with Gasteiger partial charge in [-0.1, -0.05) is 12.1 Å². The number of rotatable bonds is 7. The van der Waals surface area contributed by atoms with Gasteiger partial charge < -0.3 is 9.47 Å². The Morgan fingerprint density at radius 1 is 1.15 bits per heavy atom. The number of halogens is 5. The SMILES string of the molecule is O=COCCCc1cccc(OC(F)(F)C(F)(F)F)c1. The molecular formula is C12H11F5O3. The van der Waals surface area contributed by atoms with Crippen molar-refractivity contribution >= 4 is 6.47 Å². The van der Waals surface area contributed by atoms with Gasteiger partial charge in [-0.05, 0) is 30.5 Å². The van der Waals surface area contributed by atoms with Crippen LogP contribution in [-0.4, -0.2) is 25.4 Å². The van der Waals surface area contributed by atoms with Crippen molar-refractivity contribution in [1.29, 1.82) is 0 Å². The summed E-state index contributed by atoms with van der Waals surface area (Å²) >= 11 is 0. The predicted molar refractivity (Wildman–Crippen MR) is 58.4 cm³/mol. The van der Waals surface area contributed by atoms with Gasteiger partial charge in [0.05, 0.1) is 6.61 Å². The molecule has 0 bridgehead atoms. The molecular weight excluding hydrogens is 287 g/mol. The second-order valence-corrected chi connectivity index (χ2v) is 3.83. The van der Waals surface area contributed by atoms with Gasteiger partial charge in [-0.15, -0.1) is 0 Å². The van der Waals surface area contributed by atoms with Crippen molar-refractivity contribution < 1.29 is 36.2 Å². The highest BCUT2D eigenvalue weighted by Gasteiger charge is 2.61. The number of aryl methyl sites for hydroxylation is 1. The van der Waals surface area contributed by atoms with E-state index in [0.717, 1.165) is 12.1 Å². The molecule has 1 rings (SSSR count). The first-order chi connectivity index (χ1) is 9.26. The fourth-order valence-corrected chi connectivity index (χ4v) is 1.38. The van der Waals surface area contributed by atoms with Crippen molar-refractivity contribution in [3.8, 4) is 5.75 Å². The molecule has 3 nitrogen and oxygen atoms in total. The molecule has 0 aliphatic heterocycles. The Labute approximate surface area is 111 Å². The smallest absolute Gasteiger partial charge is 0.468 e. The molecule has 8 heteroatoms. The van der Waals surface area contributed by atoms with E-state index in [1.165, 1.54) is 6.07 Å². The molecule has 0 heterocycles. The number of ether oxygens (including phenoxy) is 2. The van der Waals surface area contributed by atoms with E-state index in [0.29, 0.717) is 18.4 Å². The summed E-state index contributed by atoms with van der Waals surface area (Å²) in [6.45, 7) is 0.400. The van der Waals surface area contributed by atoms with Crippen molar-refractivity contribution in [2.24, 2.45) is 0 Å². The Bertz CT molecular complexity index is 445. The summed E-state index contributed by atoms with van der Waals surface area (Å²) in [6, 6.07) is 4.93. The summed E-state index contributed by atoms with van der Waals surface area (Å²) in [5, 5.41) is 0. The summed E-state index contributed by atoms with van der Waals surface area (Å²) in [5.74, 6) is -0.582. The Balaban J connectivity index is 2.66. The van der Waals surface area contributed by atoms with Crippen LogP contribution in [0, 0.1) is 0 Å². The third-order valence-electron chi connectivity index (χ3n) is 2.27. The molecule has 0 aliphatic rings. The van der Waals surface area contributed by atoms with Gasteiger partial charge in [0.25, 0.3) is 6.47 Å². The highest BCUT2D eigenvalue weighted by molar-refractivity contribution is 5.36. The van der Waals surface area contributed by atoms with Crippen LogP contribution in [0.1, 0.15) is 12.0 Å². The average molecular weight is 298 g/mol. The Morgan fingerprint density at radius 2 is 1.85 bits per heavy atom. The van der Waals surface area contributed by atoms with E-state index in [9.17, 15) is 26.7 Å². The third-order valence-corrected chi connectivity index (χ3v) is 2.27. The van der Waals surface area contributed by atoms with Gasteiger partial charge in [0.15, 0.2) is 0 Å². The van der Waals surface area contributed by atoms with E-state index in [-0.39, 0.29) is 13.1 Å². The molecule has 1 aromatic carbocycles. The zero-order valence-electron chi connectivity index (χ0n) is 10.1. The van der Waals surface area contributed by atoms with Crippen molar-refractivity contribution in [2.45, 2.75) is 25.1 Å². The number of alkyl halides is 5. The maximum absolute atomic E-state index is 12.7. The molecule has 0 atom stereocenters. The summed E-state index contributed by atoms with van der Waals surface area (Å²) < 4.78 is 69.5. The van der Waals surface area contributed by atoms with Crippen molar-refractivity contribution in [3.63, 3.8) is 0 Å². The fourth-order valence-electron chi connectivity index (χ4n) is 1.38. The fraction of sp³-hybridized carbons (Fsp3) is 0.417. The molecule has 0 saturated heterocycles. The third kappa shape index (κ3) is 4.67. The van der Waals surface area contributed by atoms with Gasteiger partial charge in [0, 0.05) is 0 Å². The molecule has 112 valence electrons. The minimum atomic E-state index is -5.78. The monoisotopic (exact) mass is 298 g/mol. The lowest BCUT2D eigenvalue weighted by molar-refractivity contribution is -0.360. The highest BCUT2D eigenvalue weighted by Crippen LogP contribution is 2.37. The van der Waals surface area contributed by atoms with Gasteiger partial charge in [-0.2, -0.15) is 22.0 Å². The second-order valence-electron chi connectivity index (χ2n) is 3.83. The van der Waals surface area contributed by atoms with Gasteiger partial charge in [0.2, 0.25) is 0 Å². The first-order valence-corrected chi connectivity index (χ1v) is 5.54. The Kier molecular flexibility index (Phi) is 5.29. The van der Waals surface area contributed by atoms with Crippen LogP contribution in [0.3, 0.4) is 0 Å². The topological polar surface area (TPSA) is 35.5 Å². The van der Waals surface area contributed by atoms with E-state index in [1.54, 1.807) is 6.07 Å². The van der Waals surface area contributed by atoms with Crippen LogP contribution in [-0.2, 0) is 16.0 Å². The Morgan fingerprint density at radius 3 is 2.45 bits per heavy atom. The van der Waals surface area contributed by atoms with Crippen LogP contribution < -0.4 is 4.74 Å². The molecule has 0 radical (unpaired) electrons. The van der Waals surface area contributed by atoms with E-state index < -0.39 is 18.0 Å². The van der Waals surface area contributed by atoms with Gasteiger partial charge in [0.1, 0.15) is 5.75 Å². The summed E-state index contributed by atoms with van der Waals surface area (Å²) in [6.07, 6.45) is -10.3. The lowest BCUT2D eigenvalue weighted by atomic mass is 10.1. The number of carbonyl (C=O) groups is 1. The summed E-state index contributed by atoms with van der Waals surface area (Å²) in [5.41, 5.74) is 0.495. The average Bonchev–Trinajstić information content (AvgIpc) is 2.33. The minimum Gasteiger partial charge on any atom is -0.468 e. The van der Waals surface area contributed by atoms with Crippen LogP contribution in [0.2, 0.25) is 0 Å². The molecule has 0 aliphatic carbocycles. The summed E-state index contributed by atoms with van der Waals surface area (Å²) in [4.78, 5) is 9.89. The maximum atomic E-state index is 12.7. The molecule has 0 unspecified atom stereocenters. The second kappa shape index (κ2) is 6.53. The number of carbonyl (C=O) groups excluding carboxylic acids is 1. The van der Waals surface area contributed by atoms with Crippen LogP contribution in [0.4, 0.5) is 22.0 Å². The molecule has 0 N–H and O–H groups in total. The number of benzene rings is 1. The number of hydrogen-bond acceptors (Lipinski definition) is 3. The van der Waals surface area contributed by atoms with E-state index in [2.05, 4.69) is 9.47 Å². The quantitative estimate of drug-likeness (QED) is 0.440. The highest BCUT2D eigenvalue weighted by atomic mass is 19.4. The largest absolute Gasteiger partial charge is 0.499 e. The van der Waals surface area contributed by atoms with Gasteiger partial charge in [-0.3, -0.25) is 4.79 Å².